The van der Waals surface area contributed by atoms with Crippen LogP contribution in [0.3, 0.4) is 0 Å². The van der Waals surface area contributed by atoms with E-state index < -0.39 is 0 Å². The van der Waals surface area contributed by atoms with Gasteiger partial charge in [-0.05, 0) is 11.6 Å². The normalized spacial score (nSPS) is 10.8. The fourth-order valence-corrected chi connectivity index (χ4v) is 2.50. The highest BCUT2D eigenvalue weighted by Gasteiger charge is 2.08. The lowest BCUT2D eigenvalue weighted by atomic mass is 10.2. The number of nitrogens with one attached hydrogen (secondary N) is 1. The van der Waals surface area contributed by atoms with E-state index in [2.05, 4.69) is 10.3 Å². The first-order chi connectivity index (χ1) is 11.7. The lowest BCUT2D eigenvalue weighted by Crippen LogP contribution is -2.24. The number of hydrogen-bond acceptors (Lipinski definition) is 4. The molecule has 0 aliphatic carbocycles. The Balaban J connectivity index is 1.61. The number of aromatic nitrogens is 3. The van der Waals surface area contributed by atoms with E-state index in [-0.39, 0.29) is 11.3 Å². The molecule has 6 heteroatoms. The van der Waals surface area contributed by atoms with E-state index in [1.165, 1.54) is 4.57 Å². The summed E-state index contributed by atoms with van der Waals surface area (Å²) in [6.45, 7) is 2.40. The van der Waals surface area contributed by atoms with Gasteiger partial charge in [-0.1, -0.05) is 30.3 Å². The number of pyridine rings is 1. The van der Waals surface area contributed by atoms with Gasteiger partial charge in [-0.25, -0.2) is 4.98 Å². The summed E-state index contributed by atoms with van der Waals surface area (Å²) in [6.07, 6.45) is 7.11. The second-order valence-corrected chi connectivity index (χ2v) is 5.59. The zero-order valence-electron chi connectivity index (χ0n) is 13.3. The van der Waals surface area contributed by atoms with Gasteiger partial charge in [-0.2, -0.15) is 0 Å². The van der Waals surface area contributed by atoms with Gasteiger partial charge in [0.1, 0.15) is 0 Å². The molecule has 0 radical (unpaired) electrons. The van der Waals surface area contributed by atoms with Crippen LogP contribution in [-0.4, -0.2) is 25.8 Å². The van der Waals surface area contributed by atoms with Crippen LogP contribution in [0.25, 0.3) is 0 Å². The average Bonchev–Trinajstić information content (AvgIpc) is 3.12. The molecule has 0 fully saturated rings. The summed E-state index contributed by atoms with van der Waals surface area (Å²) >= 11 is 0. The first-order valence-electron chi connectivity index (χ1n) is 7.86. The van der Waals surface area contributed by atoms with Crippen LogP contribution < -0.4 is 10.9 Å². The number of hydrogen-bond donors (Lipinski definition) is 2. The Morgan fingerprint density at radius 2 is 1.96 bits per heavy atom. The van der Waals surface area contributed by atoms with Crippen molar-refractivity contribution < 1.29 is 5.11 Å². The summed E-state index contributed by atoms with van der Waals surface area (Å²) in [5.74, 6) is -0.191. The Bertz CT molecular complexity index is 826. The molecule has 0 saturated carbocycles. The smallest absolute Gasteiger partial charge is 0.293 e. The van der Waals surface area contributed by atoms with Crippen LogP contribution in [0.2, 0.25) is 0 Å². The fourth-order valence-electron chi connectivity index (χ4n) is 2.50. The van der Waals surface area contributed by atoms with E-state index in [9.17, 15) is 9.90 Å². The monoisotopic (exact) mass is 324 g/mol. The Labute approximate surface area is 140 Å². The molecule has 0 aliphatic heterocycles. The molecule has 0 atom stereocenters. The number of imidazole rings is 1. The maximum atomic E-state index is 12.3. The number of aromatic hydroxyl groups is 1. The Hall–Kier alpha value is -2.86. The summed E-state index contributed by atoms with van der Waals surface area (Å²) in [5.41, 5.74) is 1.26. The van der Waals surface area contributed by atoms with Gasteiger partial charge in [0.05, 0.1) is 12.9 Å². The first-order valence-corrected chi connectivity index (χ1v) is 7.86. The predicted molar refractivity (Wildman–Crippen MR) is 91.8 cm³/mol. The molecule has 0 spiro atoms. The van der Waals surface area contributed by atoms with E-state index >= 15 is 0 Å². The third-order valence-corrected chi connectivity index (χ3v) is 3.84. The maximum absolute atomic E-state index is 12.3. The van der Waals surface area contributed by atoms with Crippen LogP contribution in [-0.2, 0) is 19.6 Å². The Morgan fingerprint density at radius 1 is 1.12 bits per heavy atom. The molecule has 2 N–H and O–H groups in total. The van der Waals surface area contributed by atoms with Crippen molar-refractivity contribution in [2.24, 2.45) is 0 Å². The van der Waals surface area contributed by atoms with Crippen LogP contribution in [0.5, 0.6) is 5.75 Å². The van der Waals surface area contributed by atoms with Crippen LogP contribution in [0.4, 0.5) is 0 Å². The summed E-state index contributed by atoms with van der Waals surface area (Å²) in [4.78, 5) is 16.3. The zero-order chi connectivity index (χ0) is 16.8. The van der Waals surface area contributed by atoms with Crippen molar-refractivity contribution >= 4 is 0 Å². The number of benzene rings is 1. The Morgan fingerprint density at radius 3 is 2.71 bits per heavy atom. The molecule has 0 bridgehead atoms. The molecule has 0 unspecified atom stereocenters. The van der Waals surface area contributed by atoms with Gasteiger partial charge in [0.15, 0.2) is 5.75 Å². The molecule has 6 nitrogen and oxygen atoms in total. The van der Waals surface area contributed by atoms with Crippen LogP contribution >= 0.6 is 0 Å². The third kappa shape index (κ3) is 3.91. The molecular weight excluding hydrogens is 304 g/mol. The van der Waals surface area contributed by atoms with Crippen molar-refractivity contribution in [3.8, 4) is 5.75 Å². The molecule has 1 aromatic carbocycles. The minimum absolute atomic E-state index is 0.191. The van der Waals surface area contributed by atoms with E-state index in [1.54, 1.807) is 24.8 Å². The first kappa shape index (κ1) is 16.0. The molecule has 3 aromatic rings. The molecule has 0 aliphatic rings. The fraction of sp³-hybridized carbons (Fsp3) is 0.222. The molecule has 3 rings (SSSR count). The molecule has 0 amide bonds. The highest BCUT2D eigenvalue weighted by Crippen LogP contribution is 2.11. The second-order valence-electron chi connectivity index (χ2n) is 5.59. The van der Waals surface area contributed by atoms with Gasteiger partial charge >= 0.3 is 0 Å². The predicted octanol–water partition coefficient (Wildman–Crippen LogP) is 1.59. The van der Waals surface area contributed by atoms with Gasteiger partial charge < -0.3 is 19.6 Å². The van der Waals surface area contributed by atoms with Gasteiger partial charge in [0, 0.05) is 43.8 Å². The minimum Gasteiger partial charge on any atom is -0.503 e. The Kier molecular flexibility index (Phi) is 5.08. The summed E-state index contributed by atoms with van der Waals surface area (Å²) in [5, 5.41) is 13.4. The number of nitrogens with zero attached hydrogens (tertiary/aromatic N) is 3. The highest BCUT2D eigenvalue weighted by atomic mass is 16.3. The summed E-state index contributed by atoms with van der Waals surface area (Å²) < 4.78 is 3.48. The molecule has 124 valence electrons. The molecule has 2 aromatic heterocycles. The lowest BCUT2D eigenvalue weighted by Gasteiger charge is -2.10. The van der Waals surface area contributed by atoms with E-state index in [0.717, 1.165) is 18.7 Å². The highest BCUT2D eigenvalue weighted by molar-refractivity contribution is 5.29. The summed E-state index contributed by atoms with van der Waals surface area (Å²) in [7, 11) is 0. The zero-order valence-corrected chi connectivity index (χ0v) is 13.3. The quantitative estimate of drug-likeness (QED) is 0.648. The molecule has 24 heavy (non-hydrogen) atoms. The standard InChI is InChI=1S/C18H20N4O2/c23-17-16(12-19-7-10-21-11-8-20-14-21)6-9-22(18(17)24)13-15-4-2-1-3-5-15/h1-6,8-9,11,14,19,23H,7,10,12-13H2. The van der Waals surface area contributed by atoms with Crippen molar-refractivity contribution in [1.29, 1.82) is 0 Å². The summed E-state index contributed by atoms with van der Waals surface area (Å²) in [6, 6.07) is 11.5. The molecule has 0 saturated heterocycles. The van der Waals surface area contributed by atoms with Crippen molar-refractivity contribution in [2.45, 2.75) is 19.6 Å². The topological polar surface area (TPSA) is 72.1 Å². The van der Waals surface area contributed by atoms with Crippen LogP contribution in [0.1, 0.15) is 11.1 Å². The van der Waals surface area contributed by atoms with Crippen molar-refractivity contribution in [1.82, 2.24) is 19.4 Å². The minimum atomic E-state index is -0.368. The van der Waals surface area contributed by atoms with Gasteiger partial charge in [-0.3, -0.25) is 4.79 Å². The largest absolute Gasteiger partial charge is 0.503 e. The lowest BCUT2D eigenvalue weighted by molar-refractivity contribution is 0.447. The maximum Gasteiger partial charge on any atom is 0.293 e. The second kappa shape index (κ2) is 7.61. The van der Waals surface area contributed by atoms with Crippen LogP contribution in [0.15, 0.2) is 66.1 Å². The van der Waals surface area contributed by atoms with E-state index in [1.807, 2.05) is 41.1 Å². The van der Waals surface area contributed by atoms with Crippen molar-refractivity contribution in [3.63, 3.8) is 0 Å². The number of rotatable bonds is 7. The third-order valence-electron chi connectivity index (χ3n) is 3.84. The van der Waals surface area contributed by atoms with Crippen molar-refractivity contribution in [3.05, 3.63) is 82.8 Å². The van der Waals surface area contributed by atoms with E-state index in [4.69, 9.17) is 0 Å². The molecular formula is C18H20N4O2. The van der Waals surface area contributed by atoms with Gasteiger partial charge in [-0.15, -0.1) is 0 Å². The van der Waals surface area contributed by atoms with Crippen LogP contribution in [0, 0.1) is 0 Å². The average molecular weight is 324 g/mol. The van der Waals surface area contributed by atoms with Crippen molar-refractivity contribution in [2.75, 3.05) is 6.54 Å². The molecule has 2 heterocycles. The van der Waals surface area contributed by atoms with E-state index in [0.29, 0.717) is 18.7 Å². The SMILES string of the molecule is O=c1c(O)c(CNCCn2ccnc2)ccn1Cc1ccccc1. The van der Waals surface area contributed by atoms with Gasteiger partial charge in [0.25, 0.3) is 5.56 Å². The van der Waals surface area contributed by atoms with Gasteiger partial charge in [0.2, 0.25) is 0 Å².